The molecule has 7 heteroatoms. The van der Waals surface area contributed by atoms with Crippen LogP contribution in [-0.4, -0.2) is 52.5 Å². The number of esters is 1. The molecule has 142 valence electrons. The van der Waals surface area contributed by atoms with E-state index in [0.717, 1.165) is 25.3 Å². The van der Waals surface area contributed by atoms with Crippen LogP contribution in [0.25, 0.3) is 0 Å². The van der Waals surface area contributed by atoms with Gasteiger partial charge in [0.1, 0.15) is 5.22 Å². The molecule has 0 spiro atoms. The maximum Gasteiger partial charge on any atom is 0.370 e. The van der Waals surface area contributed by atoms with Crippen LogP contribution < -0.4 is 0 Å². The van der Waals surface area contributed by atoms with Crippen LogP contribution in [0.3, 0.4) is 0 Å². The number of rotatable bonds is 7. The fourth-order valence-corrected chi connectivity index (χ4v) is 7.17. The molecule has 2 unspecified atom stereocenters. The van der Waals surface area contributed by atoms with Crippen LogP contribution in [0.5, 0.6) is 0 Å². The molecule has 0 bridgehead atoms. The molecule has 0 amide bonds. The van der Waals surface area contributed by atoms with Gasteiger partial charge in [0, 0.05) is 26.9 Å². The molecule has 1 heterocycles. The van der Waals surface area contributed by atoms with Crippen LogP contribution in [0.1, 0.15) is 52.9 Å². The van der Waals surface area contributed by atoms with Crippen LogP contribution in [-0.2, 0) is 23.1 Å². The average Bonchev–Trinajstić information content (AvgIpc) is 2.55. The highest BCUT2D eigenvalue weighted by Gasteiger charge is 2.58. The second-order valence-corrected chi connectivity index (χ2v) is 9.84. The van der Waals surface area contributed by atoms with E-state index >= 15 is 0 Å². The molecule has 0 saturated carbocycles. The van der Waals surface area contributed by atoms with Crippen LogP contribution in [0, 0.1) is 0 Å². The topological polar surface area (TPSA) is 74.2 Å². The highest BCUT2D eigenvalue weighted by atomic mass is 28.4. The van der Waals surface area contributed by atoms with E-state index in [0.29, 0.717) is 0 Å². The molecule has 2 atom stereocenters. The summed E-state index contributed by atoms with van der Waals surface area (Å²) in [5.41, 5.74) is 0.288. The van der Waals surface area contributed by atoms with Gasteiger partial charge in [-0.15, -0.1) is 0 Å². The van der Waals surface area contributed by atoms with Gasteiger partial charge in [-0.3, -0.25) is 0 Å². The van der Waals surface area contributed by atoms with Gasteiger partial charge in [0.15, 0.2) is 6.29 Å². The number of aliphatic hydroxyl groups is 1. The van der Waals surface area contributed by atoms with E-state index in [4.69, 9.17) is 18.7 Å². The zero-order valence-electron chi connectivity index (χ0n) is 16.0. The van der Waals surface area contributed by atoms with Crippen molar-refractivity contribution in [1.29, 1.82) is 0 Å². The monoisotopic (exact) mass is 362 g/mol. The van der Waals surface area contributed by atoms with Crippen LogP contribution in [0.2, 0.25) is 6.04 Å². The second-order valence-electron chi connectivity index (χ2n) is 6.10. The lowest BCUT2D eigenvalue weighted by molar-refractivity contribution is -0.159. The van der Waals surface area contributed by atoms with Crippen LogP contribution in [0.15, 0.2) is 12.2 Å². The lowest BCUT2D eigenvalue weighted by Gasteiger charge is -2.47. The summed E-state index contributed by atoms with van der Waals surface area (Å²) < 4.78 is 21.7. The summed E-state index contributed by atoms with van der Waals surface area (Å²) in [5, 5.41) is 8.37. The quantitative estimate of drug-likeness (QED) is 0.325. The standard InChI is InChI=1S/C11H24O3Si.C6H10O3/c1-5-8-11(12-2)9-6-7-10-15(11,13-3)14-4;1-4(2)6(8)9-5(3)7/h5-10H2,1-4H3;5,7H,1H2,2-3H3. The number of methoxy groups -OCH3 is 1. The predicted molar refractivity (Wildman–Crippen MR) is 95.7 cm³/mol. The first kappa shape index (κ1) is 23.3. The Balaban J connectivity index is 0.000000506. The Morgan fingerprint density at radius 1 is 1.29 bits per heavy atom. The van der Waals surface area contributed by atoms with E-state index in [9.17, 15) is 4.79 Å². The summed E-state index contributed by atoms with van der Waals surface area (Å²) in [7, 11) is 3.22. The molecule has 0 aliphatic carbocycles. The number of aliphatic hydroxyl groups excluding tert-OH is 1. The van der Waals surface area contributed by atoms with Gasteiger partial charge in [0.2, 0.25) is 0 Å². The minimum atomic E-state index is -2.15. The summed E-state index contributed by atoms with van der Waals surface area (Å²) in [5.74, 6) is -0.565. The molecule has 1 N–H and O–H groups in total. The van der Waals surface area contributed by atoms with Crippen LogP contribution >= 0.6 is 0 Å². The Morgan fingerprint density at radius 2 is 1.88 bits per heavy atom. The van der Waals surface area contributed by atoms with Crippen molar-refractivity contribution in [2.75, 3.05) is 21.3 Å². The maximum absolute atomic E-state index is 10.5. The normalized spacial score (nSPS) is 23.6. The third kappa shape index (κ3) is 5.97. The fraction of sp³-hybridized carbons (Fsp3) is 0.824. The summed E-state index contributed by atoms with van der Waals surface area (Å²) >= 11 is 0. The number of hydrogen-bond acceptors (Lipinski definition) is 6. The molecular weight excluding hydrogens is 328 g/mol. The van der Waals surface area contributed by atoms with Crippen molar-refractivity contribution in [3.63, 3.8) is 0 Å². The van der Waals surface area contributed by atoms with E-state index < -0.39 is 20.8 Å². The molecule has 0 aromatic rings. The Labute approximate surface area is 147 Å². The van der Waals surface area contributed by atoms with Gasteiger partial charge in [-0.1, -0.05) is 32.8 Å². The first-order chi connectivity index (χ1) is 11.2. The number of carbonyl (C=O) groups excluding carboxylic acids is 1. The van der Waals surface area contributed by atoms with Gasteiger partial charge in [0.05, 0.1) is 0 Å². The maximum atomic E-state index is 10.5. The molecule has 1 aliphatic rings. The summed E-state index contributed by atoms with van der Waals surface area (Å²) in [6.45, 7) is 8.40. The Hall–Kier alpha value is -0.733. The third-order valence-corrected chi connectivity index (χ3v) is 8.78. The molecule has 6 nitrogen and oxygen atoms in total. The minimum Gasteiger partial charge on any atom is -0.433 e. The van der Waals surface area contributed by atoms with Gasteiger partial charge in [0.25, 0.3) is 0 Å². The molecular formula is C17H34O6Si. The molecule has 0 aromatic carbocycles. The lowest BCUT2D eigenvalue weighted by atomic mass is 10.1. The molecule has 1 fully saturated rings. The van der Waals surface area contributed by atoms with Crippen LogP contribution in [0.4, 0.5) is 0 Å². The average molecular weight is 363 g/mol. The van der Waals surface area contributed by atoms with Crippen molar-refractivity contribution < 1.29 is 28.2 Å². The van der Waals surface area contributed by atoms with E-state index in [1.807, 2.05) is 0 Å². The molecule has 24 heavy (non-hydrogen) atoms. The van der Waals surface area contributed by atoms with Gasteiger partial charge in [-0.2, -0.15) is 0 Å². The highest BCUT2D eigenvalue weighted by molar-refractivity contribution is 6.70. The zero-order valence-corrected chi connectivity index (χ0v) is 17.0. The van der Waals surface area contributed by atoms with Crippen molar-refractivity contribution in [3.05, 3.63) is 12.2 Å². The summed E-state index contributed by atoms with van der Waals surface area (Å²) in [6.07, 6.45) is 4.66. The fourth-order valence-electron chi connectivity index (χ4n) is 3.18. The van der Waals surface area contributed by atoms with E-state index in [1.165, 1.54) is 26.7 Å². The highest BCUT2D eigenvalue weighted by Crippen LogP contribution is 2.42. The van der Waals surface area contributed by atoms with Crippen molar-refractivity contribution in [1.82, 2.24) is 0 Å². The summed E-state index contributed by atoms with van der Waals surface area (Å²) in [6, 6.07) is 1.06. The molecule has 1 saturated heterocycles. The largest absolute Gasteiger partial charge is 0.433 e. The van der Waals surface area contributed by atoms with E-state index in [1.54, 1.807) is 21.3 Å². The molecule has 0 radical (unpaired) electrons. The van der Waals surface area contributed by atoms with Crippen molar-refractivity contribution in [2.45, 2.75) is 70.4 Å². The molecule has 0 aromatic heterocycles. The Bertz CT molecular complexity index is 391. The molecule has 1 rings (SSSR count). The zero-order chi connectivity index (χ0) is 18.8. The van der Waals surface area contributed by atoms with E-state index in [2.05, 4.69) is 18.2 Å². The number of hydrogen-bond donors (Lipinski definition) is 1. The Morgan fingerprint density at radius 3 is 2.21 bits per heavy atom. The lowest BCUT2D eigenvalue weighted by Crippen LogP contribution is -2.64. The van der Waals surface area contributed by atoms with Gasteiger partial charge < -0.3 is 23.4 Å². The smallest absolute Gasteiger partial charge is 0.370 e. The SMILES string of the molecule is C=C(C)C(=O)OC(C)O.CCCC1(OC)CCCC[Si]1(OC)OC. The predicted octanol–water partition coefficient (Wildman–Crippen LogP) is 3.07. The summed E-state index contributed by atoms with van der Waals surface area (Å²) in [4.78, 5) is 10.5. The van der Waals surface area contributed by atoms with Crippen molar-refractivity contribution in [3.8, 4) is 0 Å². The van der Waals surface area contributed by atoms with Crippen molar-refractivity contribution >= 4 is 14.5 Å². The Kier molecular flexibility index (Phi) is 10.7. The van der Waals surface area contributed by atoms with E-state index in [-0.39, 0.29) is 10.8 Å². The first-order valence-electron chi connectivity index (χ1n) is 8.44. The second kappa shape index (κ2) is 11.0. The van der Waals surface area contributed by atoms with Gasteiger partial charge in [-0.05, 0) is 32.7 Å². The minimum absolute atomic E-state index is 0.122. The third-order valence-electron chi connectivity index (χ3n) is 4.36. The van der Waals surface area contributed by atoms with Crippen molar-refractivity contribution in [2.24, 2.45) is 0 Å². The molecule has 1 aliphatic heterocycles. The number of ether oxygens (including phenoxy) is 2. The van der Waals surface area contributed by atoms with Gasteiger partial charge >= 0.3 is 14.5 Å². The first-order valence-corrected chi connectivity index (χ1v) is 10.5. The number of carbonyl (C=O) groups is 1. The van der Waals surface area contributed by atoms with Gasteiger partial charge in [-0.25, -0.2) is 4.79 Å².